The lowest BCUT2D eigenvalue weighted by molar-refractivity contribution is 0.103. The van der Waals surface area contributed by atoms with Crippen LogP contribution >= 0.6 is 15.9 Å². The zero-order chi connectivity index (χ0) is 14.4. The molecule has 1 rings (SSSR count). The molecular weight excluding hydrogens is 320 g/mol. The fraction of sp³-hybridized carbons (Fsp3) is 0.538. The SMILES string of the molecule is CC(C)CNCC(O)COc1c(F)cc(F)cc1Br. The first kappa shape index (κ1) is 16.3. The maximum atomic E-state index is 13.4. The van der Waals surface area contributed by atoms with Gasteiger partial charge in [0.15, 0.2) is 11.6 Å². The van der Waals surface area contributed by atoms with Gasteiger partial charge in [-0.25, -0.2) is 8.78 Å². The lowest BCUT2D eigenvalue weighted by Gasteiger charge is -2.15. The van der Waals surface area contributed by atoms with Crippen molar-refractivity contribution in [2.24, 2.45) is 5.92 Å². The highest BCUT2D eigenvalue weighted by atomic mass is 79.9. The molecule has 0 bridgehead atoms. The highest BCUT2D eigenvalue weighted by molar-refractivity contribution is 9.10. The van der Waals surface area contributed by atoms with Crippen LogP contribution in [-0.4, -0.2) is 30.9 Å². The van der Waals surface area contributed by atoms with Crippen molar-refractivity contribution in [3.63, 3.8) is 0 Å². The summed E-state index contributed by atoms with van der Waals surface area (Å²) in [7, 11) is 0. The molecular formula is C13H18BrF2NO2. The van der Waals surface area contributed by atoms with Crippen molar-refractivity contribution in [2.45, 2.75) is 20.0 Å². The third-order valence-corrected chi connectivity index (χ3v) is 2.90. The number of ether oxygens (including phenoxy) is 1. The van der Waals surface area contributed by atoms with E-state index in [1.54, 1.807) is 0 Å². The molecule has 0 aliphatic rings. The molecule has 6 heteroatoms. The van der Waals surface area contributed by atoms with Gasteiger partial charge in [0.1, 0.15) is 18.5 Å². The standard InChI is InChI=1S/C13H18BrF2NO2/c1-8(2)5-17-6-10(18)7-19-13-11(14)3-9(15)4-12(13)16/h3-4,8,10,17-18H,5-7H2,1-2H3. The Morgan fingerprint density at radius 2 is 2.00 bits per heavy atom. The Morgan fingerprint density at radius 1 is 1.32 bits per heavy atom. The number of hydrogen-bond acceptors (Lipinski definition) is 3. The summed E-state index contributed by atoms with van der Waals surface area (Å²) in [6.45, 7) is 5.19. The summed E-state index contributed by atoms with van der Waals surface area (Å²) in [5.74, 6) is -1.09. The van der Waals surface area contributed by atoms with Gasteiger partial charge in [-0.3, -0.25) is 0 Å². The highest BCUT2D eigenvalue weighted by Gasteiger charge is 2.13. The van der Waals surface area contributed by atoms with Crippen LogP contribution < -0.4 is 10.1 Å². The first-order valence-electron chi connectivity index (χ1n) is 6.06. The maximum Gasteiger partial charge on any atom is 0.169 e. The summed E-state index contributed by atoms with van der Waals surface area (Å²) >= 11 is 3.02. The third kappa shape index (κ3) is 5.84. The molecule has 0 saturated heterocycles. The molecule has 1 atom stereocenters. The van der Waals surface area contributed by atoms with E-state index in [2.05, 4.69) is 35.1 Å². The van der Waals surface area contributed by atoms with Gasteiger partial charge in [0, 0.05) is 12.6 Å². The highest BCUT2D eigenvalue weighted by Crippen LogP contribution is 2.29. The number of halogens is 3. The normalized spacial score (nSPS) is 12.8. The minimum Gasteiger partial charge on any atom is -0.487 e. The van der Waals surface area contributed by atoms with E-state index in [4.69, 9.17) is 4.74 Å². The monoisotopic (exact) mass is 337 g/mol. The van der Waals surface area contributed by atoms with Gasteiger partial charge in [-0.05, 0) is 34.5 Å². The minimum atomic E-state index is -0.797. The Labute approximate surface area is 120 Å². The summed E-state index contributed by atoms with van der Waals surface area (Å²) in [6.07, 6.45) is -0.755. The van der Waals surface area contributed by atoms with Crippen LogP contribution in [0.1, 0.15) is 13.8 Å². The number of rotatable bonds is 7. The van der Waals surface area contributed by atoms with Crippen LogP contribution in [0.15, 0.2) is 16.6 Å². The largest absolute Gasteiger partial charge is 0.487 e. The number of aliphatic hydroxyl groups excluding tert-OH is 1. The van der Waals surface area contributed by atoms with Crippen molar-refractivity contribution >= 4 is 15.9 Å². The number of aliphatic hydroxyl groups is 1. The Kier molecular flexibility index (Phi) is 6.68. The van der Waals surface area contributed by atoms with Gasteiger partial charge in [0.2, 0.25) is 0 Å². The molecule has 0 aliphatic heterocycles. The smallest absolute Gasteiger partial charge is 0.169 e. The van der Waals surface area contributed by atoms with Crippen molar-refractivity contribution in [2.75, 3.05) is 19.7 Å². The van der Waals surface area contributed by atoms with Crippen LogP contribution in [0, 0.1) is 17.6 Å². The summed E-state index contributed by atoms with van der Waals surface area (Å²) in [6, 6.07) is 1.85. The topological polar surface area (TPSA) is 41.5 Å². The summed E-state index contributed by atoms with van der Waals surface area (Å²) in [5, 5.41) is 12.7. The quantitative estimate of drug-likeness (QED) is 0.803. The zero-order valence-electron chi connectivity index (χ0n) is 10.9. The van der Waals surface area contributed by atoms with Crippen molar-refractivity contribution in [1.82, 2.24) is 5.32 Å². The van der Waals surface area contributed by atoms with Crippen molar-refractivity contribution < 1.29 is 18.6 Å². The summed E-state index contributed by atoms with van der Waals surface area (Å²) in [5.41, 5.74) is 0. The molecule has 1 aromatic carbocycles. The summed E-state index contributed by atoms with van der Waals surface area (Å²) in [4.78, 5) is 0. The van der Waals surface area contributed by atoms with Gasteiger partial charge < -0.3 is 15.2 Å². The molecule has 108 valence electrons. The Balaban J connectivity index is 2.44. The molecule has 0 aliphatic carbocycles. The molecule has 0 saturated carbocycles. The molecule has 0 spiro atoms. The van der Waals surface area contributed by atoms with E-state index in [0.717, 1.165) is 18.7 Å². The zero-order valence-corrected chi connectivity index (χ0v) is 12.5. The van der Waals surface area contributed by atoms with Gasteiger partial charge in [-0.15, -0.1) is 0 Å². The fourth-order valence-corrected chi connectivity index (χ4v) is 1.97. The Hall–Kier alpha value is -0.720. The van der Waals surface area contributed by atoms with Crippen LogP contribution in [0.3, 0.4) is 0 Å². The molecule has 19 heavy (non-hydrogen) atoms. The first-order valence-corrected chi connectivity index (χ1v) is 6.85. The Bertz CT molecular complexity index is 393. The van der Waals surface area contributed by atoms with Gasteiger partial charge in [0.05, 0.1) is 4.47 Å². The predicted molar refractivity (Wildman–Crippen MR) is 73.3 cm³/mol. The fourth-order valence-electron chi connectivity index (χ4n) is 1.44. The predicted octanol–water partition coefficient (Wildman–Crippen LogP) is 2.71. The van der Waals surface area contributed by atoms with Crippen LogP contribution in [0.25, 0.3) is 0 Å². The van der Waals surface area contributed by atoms with Crippen LogP contribution in [0.4, 0.5) is 8.78 Å². The number of benzene rings is 1. The number of hydrogen-bond donors (Lipinski definition) is 2. The van der Waals surface area contributed by atoms with E-state index in [9.17, 15) is 13.9 Å². The van der Waals surface area contributed by atoms with E-state index < -0.39 is 17.7 Å². The summed E-state index contributed by atoms with van der Waals surface area (Å²) < 4.78 is 31.6. The first-order chi connectivity index (χ1) is 8.90. The van der Waals surface area contributed by atoms with E-state index in [0.29, 0.717) is 12.5 Å². The molecule has 1 aromatic rings. The molecule has 3 nitrogen and oxygen atoms in total. The van der Waals surface area contributed by atoms with Crippen molar-refractivity contribution in [1.29, 1.82) is 0 Å². The van der Waals surface area contributed by atoms with Gasteiger partial charge in [-0.1, -0.05) is 13.8 Å². The van der Waals surface area contributed by atoms with Crippen LogP contribution in [0.5, 0.6) is 5.75 Å². The van der Waals surface area contributed by atoms with E-state index in [-0.39, 0.29) is 16.8 Å². The van der Waals surface area contributed by atoms with E-state index in [1.807, 2.05) is 0 Å². The Morgan fingerprint density at radius 3 is 2.58 bits per heavy atom. The molecule has 0 radical (unpaired) electrons. The molecule has 0 amide bonds. The third-order valence-electron chi connectivity index (χ3n) is 2.32. The lowest BCUT2D eigenvalue weighted by atomic mass is 10.2. The molecule has 0 fully saturated rings. The second-order valence-electron chi connectivity index (χ2n) is 4.72. The van der Waals surface area contributed by atoms with E-state index in [1.165, 1.54) is 0 Å². The van der Waals surface area contributed by atoms with Crippen molar-refractivity contribution in [3.8, 4) is 5.75 Å². The number of nitrogens with one attached hydrogen (secondary N) is 1. The average Bonchev–Trinajstić information content (AvgIpc) is 2.26. The maximum absolute atomic E-state index is 13.4. The second kappa shape index (κ2) is 7.77. The minimum absolute atomic E-state index is 0.0632. The van der Waals surface area contributed by atoms with Gasteiger partial charge in [-0.2, -0.15) is 0 Å². The lowest BCUT2D eigenvalue weighted by Crippen LogP contribution is -2.33. The second-order valence-corrected chi connectivity index (χ2v) is 5.57. The molecule has 1 unspecified atom stereocenters. The molecule has 0 aromatic heterocycles. The molecule has 0 heterocycles. The average molecular weight is 338 g/mol. The van der Waals surface area contributed by atoms with Crippen LogP contribution in [-0.2, 0) is 0 Å². The van der Waals surface area contributed by atoms with E-state index >= 15 is 0 Å². The van der Waals surface area contributed by atoms with Crippen molar-refractivity contribution in [3.05, 3.63) is 28.2 Å². The molecule has 2 N–H and O–H groups in total. The van der Waals surface area contributed by atoms with Crippen LogP contribution in [0.2, 0.25) is 0 Å². The van der Waals surface area contributed by atoms with Gasteiger partial charge >= 0.3 is 0 Å². The van der Waals surface area contributed by atoms with Gasteiger partial charge in [0.25, 0.3) is 0 Å².